The van der Waals surface area contributed by atoms with Crippen LogP contribution in [0.4, 0.5) is 0 Å². The molecule has 0 radical (unpaired) electrons. The van der Waals surface area contributed by atoms with Gasteiger partial charge in [0.25, 0.3) is 0 Å². The number of aliphatic hydroxyl groups excluding tert-OH is 1. The number of rotatable bonds is 6. The van der Waals surface area contributed by atoms with Crippen molar-refractivity contribution in [1.29, 1.82) is 0 Å². The number of methoxy groups -OCH3 is 2. The molecule has 140 valence electrons. The zero-order valence-corrected chi connectivity index (χ0v) is 14.9. The molecule has 3 atom stereocenters. The minimum atomic E-state index is -0.758. The van der Waals surface area contributed by atoms with E-state index in [2.05, 4.69) is 0 Å². The minimum absolute atomic E-state index is 0.000378. The SMILES string of the molecule is COc1ccc(CC2COCC2C(O)c2ccc(OC)c(O)c2)cc1O. The Morgan fingerprint density at radius 1 is 1.00 bits per heavy atom. The third kappa shape index (κ3) is 3.71. The van der Waals surface area contributed by atoms with Crippen LogP contribution in [0, 0.1) is 11.8 Å². The highest BCUT2D eigenvalue weighted by atomic mass is 16.5. The zero-order valence-electron chi connectivity index (χ0n) is 14.9. The second-order valence-electron chi connectivity index (χ2n) is 6.55. The van der Waals surface area contributed by atoms with E-state index in [9.17, 15) is 15.3 Å². The lowest BCUT2D eigenvalue weighted by molar-refractivity contribution is 0.0809. The van der Waals surface area contributed by atoms with Crippen LogP contribution in [0.25, 0.3) is 0 Å². The van der Waals surface area contributed by atoms with Gasteiger partial charge in [0.15, 0.2) is 23.0 Å². The fourth-order valence-corrected chi connectivity index (χ4v) is 3.48. The molecule has 0 aliphatic carbocycles. The quantitative estimate of drug-likeness (QED) is 0.734. The summed E-state index contributed by atoms with van der Waals surface area (Å²) in [4.78, 5) is 0. The number of aromatic hydroxyl groups is 2. The van der Waals surface area contributed by atoms with Gasteiger partial charge in [-0.1, -0.05) is 12.1 Å². The summed E-state index contributed by atoms with van der Waals surface area (Å²) < 4.78 is 15.7. The van der Waals surface area contributed by atoms with Crippen LogP contribution < -0.4 is 9.47 Å². The molecule has 6 heteroatoms. The Labute approximate surface area is 152 Å². The van der Waals surface area contributed by atoms with Crippen LogP contribution >= 0.6 is 0 Å². The molecular formula is C20H24O6. The number of ether oxygens (including phenoxy) is 3. The van der Waals surface area contributed by atoms with E-state index in [0.29, 0.717) is 36.7 Å². The summed E-state index contributed by atoms with van der Waals surface area (Å²) in [7, 11) is 2.99. The van der Waals surface area contributed by atoms with Crippen LogP contribution in [-0.4, -0.2) is 42.8 Å². The Bertz CT molecular complexity index is 760. The van der Waals surface area contributed by atoms with E-state index in [1.165, 1.54) is 20.3 Å². The summed E-state index contributed by atoms with van der Waals surface area (Å²) in [5.41, 5.74) is 1.58. The second kappa shape index (κ2) is 7.85. The lowest BCUT2D eigenvalue weighted by atomic mass is 9.83. The maximum Gasteiger partial charge on any atom is 0.160 e. The molecule has 3 N–H and O–H groups in total. The van der Waals surface area contributed by atoms with Crippen molar-refractivity contribution in [1.82, 2.24) is 0 Å². The van der Waals surface area contributed by atoms with Crippen LogP contribution in [0.3, 0.4) is 0 Å². The van der Waals surface area contributed by atoms with Gasteiger partial charge in [0.1, 0.15) is 0 Å². The van der Waals surface area contributed by atoms with Crippen LogP contribution in [0.15, 0.2) is 36.4 Å². The molecule has 1 fully saturated rings. The molecule has 1 saturated heterocycles. The highest BCUT2D eigenvalue weighted by Crippen LogP contribution is 2.38. The van der Waals surface area contributed by atoms with E-state index < -0.39 is 6.10 Å². The van der Waals surface area contributed by atoms with Crippen molar-refractivity contribution >= 4 is 0 Å². The van der Waals surface area contributed by atoms with Crippen molar-refractivity contribution < 1.29 is 29.5 Å². The normalized spacial score (nSPS) is 20.7. The number of aliphatic hydroxyl groups is 1. The van der Waals surface area contributed by atoms with Gasteiger partial charge < -0.3 is 29.5 Å². The van der Waals surface area contributed by atoms with Crippen LogP contribution in [0.5, 0.6) is 23.0 Å². The molecular weight excluding hydrogens is 336 g/mol. The molecule has 3 unspecified atom stereocenters. The monoisotopic (exact) mass is 360 g/mol. The maximum absolute atomic E-state index is 10.8. The molecule has 0 bridgehead atoms. The lowest BCUT2D eigenvalue weighted by Crippen LogP contribution is -2.22. The molecule has 0 amide bonds. The van der Waals surface area contributed by atoms with Gasteiger partial charge in [-0.25, -0.2) is 0 Å². The average molecular weight is 360 g/mol. The summed E-state index contributed by atoms with van der Waals surface area (Å²) in [6, 6.07) is 10.2. The summed E-state index contributed by atoms with van der Waals surface area (Å²) in [5.74, 6) is 0.894. The van der Waals surface area contributed by atoms with Gasteiger partial charge in [-0.15, -0.1) is 0 Å². The van der Waals surface area contributed by atoms with E-state index in [-0.39, 0.29) is 23.3 Å². The Kier molecular flexibility index (Phi) is 5.54. The van der Waals surface area contributed by atoms with Gasteiger partial charge in [-0.2, -0.15) is 0 Å². The van der Waals surface area contributed by atoms with Gasteiger partial charge >= 0.3 is 0 Å². The van der Waals surface area contributed by atoms with E-state index >= 15 is 0 Å². The average Bonchev–Trinajstić information content (AvgIpc) is 3.09. The molecule has 0 spiro atoms. The fraction of sp³-hybridized carbons (Fsp3) is 0.400. The van der Waals surface area contributed by atoms with Gasteiger partial charge in [0.2, 0.25) is 0 Å². The largest absolute Gasteiger partial charge is 0.504 e. The van der Waals surface area contributed by atoms with Gasteiger partial charge in [0.05, 0.1) is 33.5 Å². The molecule has 2 aromatic rings. The minimum Gasteiger partial charge on any atom is -0.504 e. The molecule has 3 rings (SSSR count). The summed E-state index contributed by atoms with van der Waals surface area (Å²) in [5, 5.41) is 30.7. The molecule has 1 aliphatic heterocycles. The highest BCUT2D eigenvalue weighted by molar-refractivity contribution is 5.43. The molecule has 0 aromatic heterocycles. The van der Waals surface area contributed by atoms with Gasteiger partial charge in [-0.3, -0.25) is 0 Å². The van der Waals surface area contributed by atoms with Gasteiger partial charge in [0, 0.05) is 5.92 Å². The van der Waals surface area contributed by atoms with Gasteiger partial charge in [-0.05, 0) is 47.7 Å². The Morgan fingerprint density at radius 2 is 1.65 bits per heavy atom. The van der Waals surface area contributed by atoms with Crippen molar-refractivity contribution in [3.8, 4) is 23.0 Å². The topological polar surface area (TPSA) is 88.4 Å². The Balaban J connectivity index is 1.75. The Morgan fingerprint density at radius 3 is 2.27 bits per heavy atom. The third-order valence-corrected chi connectivity index (χ3v) is 4.94. The standard InChI is InChI=1S/C20H24O6/c1-24-18-5-3-12(8-16(18)21)7-14-10-26-11-15(14)20(23)13-4-6-19(25-2)17(22)9-13/h3-6,8-9,14-15,20-23H,7,10-11H2,1-2H3. The first-order valence-corrected chi connectivity index (χ1v) is 8.52. The molecule has 6 nitrogen and oxygen atoms in total. The first kappa shape index (κ1) is 18.4. The van der Waals surface area contributed by atoms with E-state index in [1.807, 2.05) is 6.07 Å². The smallest absolute Gasteiger partial charge is 0.160 e. The van der Waals surface area contributed by atoms with Crippen molar-refractivity contribution in [2.45, 2.75) is 12.5 Å². The first-order chi connectivity index (χ1) is 12.5. The first-order valence-electron chi connectivity index (χ1n) is 8.52. The second-order valence-corrected chi connectivity index (χ2v) is 6.55. The van der Waals surface area contributed by atoms with E-state index in [1.54, 1.807) is 24.3 Å². The fourth-order valence-electron chi connectivity index (χ4n) is 3.48. The van der Waals surface area contributed by atoms with Crippen LogP contribution in [-0.2, 0) is 11.2 Å². The van der Waals surface area contributed by atoms with Crippen LogP contribution in [0.1, 0.15) is 17.2 Å². The van der Waals surface area contributed by atoms with E-state index in [4.69, 9.17) is 14.2 Å². The molecule has 2 aromatic carbocycles. The van der Waals surface area contributed by atoms with Crippen molar-refractivity contribution in [3.05, 3.63) is 47.5 Å². The zero-order chi connectivity index (χ0) is 18.7. The Hall–Kier alpha value is -2.44. The number of hydrogen-bond acceptors (Lipinski definition) is 6. The summed E-state index contributed by atoms with van der Waals surface area (Å²) >= 11 is 0. The molecule has 1 aliphatic rings. The number of benzene rings is 2. The van der Waals surface area contributed by atoms with Crippen LogP contribution in [0.2, 0.25) is 0 Å². The van der Waals surface area contributed by atoms with Crippen molar-refractivity contribution in [3.63, 3.8) is 0 Å². The third-order valence-electron chi connectivity index (χ3n) is 4.94. The number of phenols is 2. The summed E-state index contributed by atoms with van der Waals surface area (Å²) in [6.45, 7) is 0.984. The number of hydrogen-bond donors (Lipinski definition) is 3. The molecule has 0 saturated carbocycles. The van der Waals surface area contributed by atoms with E-state index in [0.717, 1.165) is 5.56 Å². The number of phenolic OH excluding ortho intramolecular Hbond substituents is 2. The van der Waals surface area contributed by atoms with Crippen molar-refractivity contribution in [2.24, 2.45) is 11.8 Å². The molecule has 26 heavy (non-hydrogen) atoms. The predicted molar refractivity (Wildman–Crippen MR) is 95.8 cm³/mol. The maximum atomic E-state index is 10.8. The predicted octanol–water partition coefficient (Wildman–Crippen LogP) is 2.65. The molecule has 1 heterocycles. The van der Waals surface area contributed by atoms with Crippen molar-refractivity contribution in [2.75, 3.05) is 27.4 Å². The highest BCUT2D eigenvalue weighted by Gasteiger charge is 2.35. The lowest BCUT2D eigenvalue weighted by Gasteiger charge is -2.24. The summed E-state index contributed by atoms with van der Waals surface area (Å²) in [6.07, 6.45) is -0.0901.